The summed E-state index contributed by atoms with van der Waals surface area (Å²) in [7, 11) is 0. The zero-order valence-electron chi connectivity index (χ0n) is 30.1. The molecular formula is C39H52O10. The van der Waals surface area contributed by atoms with Crippen LogP contribution in [0.2, 0.25) is 0 Å². The van der Waals surface area contributed by atoms with Gasteiger partial charge in [0.1, 0.15) is 18.3 Å². The molecule has 49 heavy (non-hydrogen) atoms. The van der Waals surface area contributed by atoms with Gasteiger partial charge in [-0.25, -0.2) is 4.79 Å². The minimum Gasteiger partial charge on any atom is -0.461 e. The number of carbonyl (C=O) groups is 4. The van der Waals surface area contributed by atoms with Crippen LogP contribution < -0.4 is 0 Å². The third-order valence-corrected chi connectivity index (χ3v) is 12.6. The van der Waals surface area contributed by atoms with Crippen LogP contribution >= 0.6 is 0 Å². The quantitative estimate of drug-likeness (QED) is 0.183. The standard InChI is InChI=1S/C39H52O10/c1-20(2)24(7)33(43)48-32-22(5)16-37-23(6)17-38(49-34(44)25(8)21(3)4)29(28(31(37)42)15-27(18-40)30(41)39(32,37)46)36(38,9)19-47-35(45)26-13-11-10-12-14-26/h10-16,20-21,23-25,28-30,32,40-41,46H,17-19H2,1-9H3/t23-,24?,25?,28+,29-,30-,32+,36?,37+,38+,39+/m1/s1. The predicted molar refractivity (Wildman–Crippen MR) is 180 cm³/mol. The maximum atomic E-state index is 15.2. The van der Waals surface area contributed by atoms with E-state index in [1.807, 2.05) is 34.6 Å². The van der Waals surface area contributed by atoms with Gasteiger partial charge in [0, 0.05) is 17.3 Å². The highest BCUT2D eigenvalue weighted by Gasteiger charge is 2.85. The Kier molecular flexibility index (Phi) is 9.62. The van der Waals surface area contributed by atoms with Crippen molar-refractivity contribution in [3.8, 4) is 0 Å². The number of allylic oxidation sites excluding steroid dienone is 1. The molecule has 2 fully saturated rings. The van der Waals surface area contributed by atoms with Crippen molar-refractivity contribution >= 4 is 23.7 Å². The van der Waals surface area contributed by atoms with E-state index in [0.717, 1.165) is 0 Å². The number of ketones is 1. The van der Waals surface area contributed by atoms with Gasteiger partial charge in [-0.05, 0) is 54.4 Å². The van der Waals surface area contributed by atoms with E-state index in [9.17, 15) is 29.7 Å². The average molecular weight is 681 g/mol. The van der Waals surface area contributed by atoms with Gasteiger partial charge in [0.2, 0.25) is 0 Å². The van der Waals surface area contributed by atoms with Gasteiger partial charge in [0.15, 0.2) is 17.5 Å². The maximum absolute atomic E-state index is 15.2. The van der Waals surface area contributed by atoms with Crippen molar-refractivity contribution < 1.29 is 48.7 Å². The molecule has 5 rings (SSSR count). The Morgan fingerprint density at radius 2 is 1.57 bits per heavy atom. The van der Waals surface area contributed by atoms with Crippen LogP contribution in [0.4, 0.5) is 0 Å². The number of carbonyl (C=O) groups excluding carboxylic acids is 4. The van der Waals surface area contributed by atoms with Gasteiger partial charge in [-0.1, -0.05) is 85.7 Å². The third kappa shape index (κ3) is 5.31. The fourth-order valence-corrected chi connectivity index (χ4v) is 8.83. The Morgan fingerprint density at radius 1 is 0.980 bits per heavy atom. The minimum absolute atomic E-state index is 0.0100. The van der Waals surface area contributed by atoms with Crippen LogP contribution in [0, 0.1) is 52.3 Å². The van der Waals surface area contributed by atoms with Gasteiger partial charge >= 0.3 is 17.9 Å². The van der Waals surface area contributed by atoms with Gasteiger partial charge in [0.05, 0.1) is 29.4 Å². The number of ether oxygens (including phenoxy) is 3. The number of aliphatic hydroxyl groups is 3. The van der Waals surface area contributed by atoms with Gasteiger partial charge in [-0.15, -0.1) is 0 Å². The molecule has 0 saturated heterocycles. The van der Waals surface area contributed by atoms with Crippen molar-refractivity contribution in [3.63, 3.8) is 0 Å². The highest BCUT2D eigenvalue weighted by Crippen LogP contribution is 2.75. The summed E-state index contributed by atoms with van der Waals surface area (Å²) < 4.78 is 18.3. The van der Waals surface area contributed by atoms with E-state index >= 15 is 4.79 Å². The molecule has 4 aliphatic carbocycles. The topological polar surface area (TPSA) is 157 Å². The zero-order valence-corrected chi connectivity index (χ0v) is 30.1. The predicted octanol–water partition coefficient (Wildman–Crippen LogP) is 4.45. The Balaban J connectivity index is 1.64. The molecule has 3 N–H and O–H groups in total. The summed E-state index contributed by atoms with van der Waals surface area (Å²) in [4.78, 5) is 55.4. The molecule has 3 unspecified atom stereocenters. The molecule has 11 atom stereocenters. The summed E-state index contributed by atoms with van der Waals surface area (Å²) in [5.74, 6) is -5.74. The second-order valence-electron chi connectivity index (χ2n) is 15.9. The smallest absolute Gasteiger partial charge is 0.338 e. The first kappa shape index (κ1) is 36.9. The summed E-state index contributed by atoms with van der Waals surface area (Å²) in [6, 6.07) is 8.50. The monoisotopic (exact) mass is 680 g/mol. The fourth-order valence-electron chi connectivity index (χ4n) is 8.83. The maximum Gasteiger partial charge on any atom is 0.338 e. The molecule has 2 bridgehead atoms. The lowest BCUT2D eigenvalue weighted by atomic mass is 9.58. The Bertz CT molecular complexity index is 1560. The molecule has 1 spiro atoms. The van der Waals surface area contributed by atoms with Crippen LogP contribution in [0.15, 0.2) is 53.6 Å². The molecule has 0 amide bonds. The normalized spacial score (nSPS) is 37.5. The first-order chi connectivity index (χ1) is 22.8. The fraction of sp³-hybridized carbons (Fsp3) is 0.641. The molecular weight excluding hydrogens is 628 g/mol. The largest absolute Gasteiger partial charge is 0.461 e. The lowest BCUT2D eigenvalue weighted by Crippen LogP contribution is -2.66. The van der Waals surface area contributed by atoms with E-state index in [1.165, 1.54) is 6.08 Å². The second-order valence-corrected chi connectivity index (χ2v) is 15.9. The van der Waals surface area contributed by atoms with Crippen molar-refractivity contribution in [1.29, 1.82) is 0 Å². The molecule has 10 heteroatoms. The highest BCUT2D eigenvalue weighted by atomic mass is 16.6. The number of hydrogen-bond acceptors (Lipinski definition) is 10. The summed E-state index contributed by atoms with van der Waals surface area (Å²) in [6.45, 7) is 15.4. The molecule has 0 aliphatic heterocycles. The number of Topliss-reactive ketones (excluding diaryl/α,β-unsaturated/α-hetero) is 1. The lowest BCUT2D eigenvalue weighted by Gasteiger charge is -2.49. The van der Waals surface area contributed by atoms with Crippen molar-refractivity contribution in [2.45, 2.75) is 92.1 Å². The lowest BCUT2D eigenvalue weighted by molar-refractivity contribution is -0.207. The van der Waals surface area contributed by atoms with Gasteiger partial charge in [0.25, 0.3) is 0 Å². The Hall–Kier alpha value is -3.34. The minimum atomic E-state index is -2.37. The summed E-state index contributed by atoms with van der Waals surface area (Å²) in [5, 5.41) is 35.4. The molecule has 4 aliphatic rings. The zero-order chi connectivity index (χ0) is 36.4. The van der Waals surface area contributed by atoms with Gasteiger partial charge in [-0.3, -0.25) is 14.4 Å². The van der Waals surface area contributed by atoms with Crippen LogP contribution in [0.25, 0.3) is 0 Å². The summed E-state index contributed by atoms with van der Waals surface area (Å²) >= 11 is 0. The molecule has 1 aromatic carbocycles. The third-order valence-electron chi connectivity index (χ3n) is 12.6. The Labute approximate surface area is 288 Å². The van der Waals surface area contributed by atoms with Gasteiger partial charge < -0.3 is 29.5 Å². The first-order valence-corrected chi connectivity index (χ1v) is 17.5. The van der Waals surface area contributed by atoms with Crippen LogP contribution in [0.3, 0.4) is 0 Å². The average Bonchev–Trinajstić information content (AvgIpc) is 3.50. The number of fused-ring (bicyclic) bond motifs is 3. The molecule has 10 nitrogen and oxygen atoms in total. The molecule has 0 heterocycles. The number of aliphatic hydroxyl groups excluding tert-OH is 2. The van der Waals surface area contributed by atoms with Crippen molar-refractivity contribution in [3.05, 3.63) is 59.2 Å². The number of esters is 3. The van der Waals surface area contributed by atoms with E-state index in [2.05, 4.69) is 0 Å². The second kappa shape index (κ2) is 12.8. The van der Waals surface area contributed by atoms with Crippen LogP contribution in [0.1, 0.15) is 79.1 Å². The highest BCUT2D eigenvalue weighted by molar-refractivity contribution is 5.96. The van der Waals surface area contributed by atoms with Crippen LogP contribution in [-0.2, 0) is 28.6 Å². The Morgan fingerprint density at radius 3 is 2.14 bits per heavy atom. The molecule has 268 valence electrons. The van der Waals surface area contributed by atoms with Crippen LogP contribution in [-0.4, -0.2) is 75.6 Å². The molecule has 2 saturated carbocycles. The summed E-state index contributed by atoms with van der Waals surface area (Å²) in [6.07, 6.45) is 0.0207. The van der Waals surface area contributed by atoms with Gasteiger partial charge in [-0.2, -0.15) is 0 Å². The van der Waals surface area contributed by atoms with Crippen molar-refractivity contribution in [2.24, 2.45) is 52.3 Å². The molecule has 1 aromatic rings. The summed E-state index contributed by atoms with van der Waals surface area (Å²) in [5.41, 5.74) is -5.76. The van der Waals surface area contributed by atoms with Crippen LogP contribution in [0.5, 0.6) is 0 Å². The molecule has 0 aromatic heterocycles. The van der Waals surface area contributed by atoms with Crippen molar-refractivity contribution in [2.75, 3.05) is 13.2 Å². The van der Waals surface area contributed by atoms with E-state index < -0.39 is 94.1 Å². The van der Waals surface area contributed by atoms with E-state index in [0.29, 0.717) is 11.1 Å². The first-order valence-electron chi connectivity index (χ1n) is 17.5. The van der Waals surface area contributed by atoms with Crippen molar-refractivity contribution in [1.82, 2.24) is 0 Å². The number of rotatable bonds is 10. The molecule has 0 radical (unpaired) electrons. The number of benzene rings is 1. The van der Waals surface area contributed by atoms with E-state index in [4.69, 9.17) is 14.2 Å². The van der Waals surface area contributed by atoms with E-state index in [1.54, 1.807) is 64.1 Å². The SMILES string of the molecule is CC1=C[C@]23C(=O)[C@@H](C=C(CO)[C@@H](O)[C@]2(O)[C@H]1OC(=O)C(C)C(C)C)[C@@H]1C(C)(COC(=O)c2ccccc2)[C@]1(OC(=O)C(C)C(C)C)C[C@H]3C. The van der Waals surface area contributed by atoms with E-state index in [-0.39, 0.29) is 30.4 Å². The number of hydrogen-bond donors (Lipinski definition) is 3.